The first-order valence-corrected chi connectivity index (χ1v) is 22.6. The highest BCUT2D eigenvalue weighted by Crippen LogP contribution is 2.18. The molecule has 0 bridgehead atoms. The van der Waals surface area contributed by atoms with Crippen LogP contribution in [-0.2, 0) is 26.1 Å². The van der Waals surface area contributed by atoms with E-state index >= 15 is 0 Å². The minimum Gasteiger partial charge on any atom is -0.508 e. The number of aryl methyl sites for hydroxylation is 2. The summed E-state index contributed by atoms with van der Waals surface area (Å²) in [7, 11) is 6.67. The fraction of sp³-hybridized carbons (Fsp3) is 0.129. The van der Waals surface area contributed by atoms with Gasteiger partial charge in [-0.1, -0.05) is 176 Å². The Bertz CT molecular complexity index is 2610. The second-order valence-electron chi connectivity index (χ2n) is 15.5. The van der Waals surface area contributed by atoms with Crippen molar-refractivity contribution in [1.82, 2.24) is 0 Å². The Morgan fingerprint density at radius 1 is 0.290 bits per heavy atom. The Hall–Kier alpha value is -8.10. The van der Waals surface area contributed by atoms with Crippen LogP contribution in [0.25, 0.3) is 36.5 Å². The van der Waals surface area contributed by atoms with E-state index in [0.29, 0.717) is 0 Å². The smallest absolute Gasteiger partial charge is 0.118 e. The molecule has 0 saturated carbocycles. The number of ether oxygens (including phenoxy) is 4. The second-order valence-corrected chi connectivity index (χ2v) is 15.5. The van der Waals surface area contributed by atoms with Crippen LogP contribution in [-0.4, -0.2) is 43.8 Å². The number of methoxy groups -OCH3 is 4. The minimum absolute atomic E-state index is 0.0858. The Labute approximate surface area is 408 Å². The van der Waals surface area contributed by atoms with Gasteiger partial charge in [-0.2, -0.15) is 0 Å². The van der Waals surface area contributed by atoms with Crippen molar-refractivity contribution in [3.63, 3.8) is 0 Å². The number of hydrogen-bond acceptors (Lipinski definition) is 7. The summed E-state index contributed by atoms with van der Waals surface area (Å²) in [6.45, 7) is 0.196. The standard InChI is InChI=1S/C16H18O2.C16H16O2.C15H14O2.C15H14O/c2*1-18-16-10-8-14(9-11-16)3-2-13-4-6-15(12-17)7-5-13;1-17-15-10-6-13(7-11-15)3-2-12-4-8-14(16)9-5-12;1-16-15-11-9-14(10-12-15)8-7-13-5-3-2-4-6-13/h4-11,17H,2-3,12H2,1H3;2-11,17H,12H2,1H3;2-11,16H,1H3;2-12H,1H3/b;2*3-2+;8-7+. The van der Waals surface area contributed by atoms with Gasteiger partial charge in [-0.15, -0.1) is 0 Å². The van der Waals surface area contributed by atoms with Crippen molar-refractivity contribution in [2.24, 2.45) is 0 Å². The van der Waals surface area contributed by atoms with E-state index in [1.54, 1.807) is 40.6 Å². The van der Waals surface area contributed by atoms with Crippen molar-refractivity contribution < 1.29 is 34.3 Å². The van der Waals surface area contributed by atoms with Crippen LogP contribution in [0.2, 0.25) is 0 Å². The quantitative estimate of drug-likeness (QED) is 0.0881. The topological polar surface area (TPSA) is 97.6 Å². The van der Waals surface area contributed by atoms with Gasteiger partial charge in [0.1, 0.15) is 28.7 Å². The molecule has 0 aliphatic carbocycles. The molecule has 0 radical (unpaired) electrons. The van der Waals surface area contributed by atoms with Crippen LogP contribution < -0.4 is 18.9 Å². The summed E-state index contributed by atoms with van der Waals surface area (Å²) in [5, 5.41) is 27.1. The molecule has 0 fully saturated rings. The molecule has 0 aromatic heterocycles. The maximum Gasteiger partial charge on any atom is 0.118 e. The Kier molecular flexibility index (Phi) is 22.2. The van der Waals surface area contributed by atoms with Gasteiger partial charge in [-0.25, -0.2) is 0 Å². The van der Waals surface area contributed by atoms with Crippen LogP contribution in [0, 0.1) is 0 Å². The molecule has 69 heavy (non-hydrogen) atoms. The molecule has 8 rings (SSSR count). The van der Waals surface area contributed by atoms with Gasteiger partial charge in [0, 0.05) is 0 Å². The number of aliphatic hydroxyl groups excluding tert-OH is 2. The van der Waals surface area contributed by atoms with Gasteiger partial charge in [-0.3, -0.25) is 0 Å². The van der Waals surface area contributed by atoms with Gasteiger partial charge in [0.15, 0.2) is 0 Å². The lowest BCUT2D eigenvalue weighted by Crippen LogP contribution is -1.92. The normalized spacial score (nSPS) is 10.6. The molecule has 0 heterocycles. The zero-order valence-electron chi connectivity index (χ0n) is 39.8. The zero-order chi connectivity index (χ0) is 48.9. The molecule has 7 nitrogen and oxygen atoms in total. The van der Waals surface area contributed by atoms with Crippen LogP contribution in [0.15, 0.2) is 200 Å². The van der Waals surface area contributed by atoms with Crippen molar-refractivity contribution in [1.29, 1.82) is 0 Å². The number of aromatic hydroxyl groups is 1. The summed E-state index contributed by atoms with van der Waals surface area (Å²) in [6.07, 6.45) is 14.3. The number of benzene rings is 8. The van der Waals surface area contributed by atoms with Gasteiger partial charge < -0.3 is 34.3 Å². The van der Waals surface area contributed by atoms with Crippen LogP contribution in [0.3, 0.4) is 0 Å². The maximum atomic E-state index is 9.16. The Morgan fingerprint density at radius 2 is 0.522 bits per heavy atom. The first-order chi connectivity index (χ1) is 33.8. The van der Waals surface area contributed by atoms with E-state index in [1.165, 1.54) is 22.3 Å². The Balaban J connectivity index is 0.000000172. The second kappa shape index (κ2) is 29.5. The average Bonchev–Trinajstić information content (AvgIpc) is 3.42. The monoisotopic (exact) mass is 918 g/mol. The first kappa shape index (κ1) is 51.9. The number of rotatable bonds is 15. The van der Waals surface area contributed by atoms with Crippen molar-refractivity contribution in [3.05, 3.63) is 256 Å². The molecule has 0 amide bonds. The highest BCUT2D eigenvalue weighted by molar-refractivity contribution is 5.71. The van der Waals surface area contributed by atoms with E-state index in [9.17, 15) is 0 Å². The molecular formula is C62H62O7. The third-order valence-electron chi connectivity index (χ3n) is 10.7. The molecule has 352 valence electrons. The van der Waals surface area contributed by atoms with Crippen LogP contribution >= 0.6 is 0 Å². The SMILES string of the molecule is COc1ccc(/C=C/c2ccc(CO)cc2)cc1.COc1ccc(/C=C/c2ccc(O)cc2)cc1.COc1ccc(/C=C/c2ccccc2)cc1.COc1ccc(CCc2ccc(CO)cc2)cc1. The largest absolute Gasteiger partial charge is 0.508 e. The fourth-order valence-corrected chi connectivity index (χ4v) is 6.50. The van der Waals surface area contributed by atoms with E-state index in [2.05, 4.69) is 48.6 Å². The molecular weight excluding hydrogens is 857 g/mol. The highest BCUT2D eigenvalue weighted by Gasteiger charge is 1.99. The third-order valence-corrected chi connectivity index (χ3v) is 10.7. The third kappa shape index (κ3) is 19.3. The van der Waals surface area contributed by atoms with Crippen molar-refractivity contribution in [2.75, 3.05) is 28.4 Å². The molecule has 0 saturated heterocycles. The molecule has 3 N–H and O–H groups in total. The molecule has 0 aliphatic rings. The lowest BCUT2D eigenvalue weighted by molar-refractivity contribution is 0.281. The minimum atomic E-state index is 0.0858. The highest BCUT2D eigenvalue weighted by atomic mass is 16.5. The molecule has 0 spiro atoms. The average molecular weight is 919 g/mol. The first-order valence-electron chi connectivity index (χ1n) is 22.6. The van der Waals surface area contributed by atoms with Crippen LogP contribution in [0.5, 0.6) is 28.7 Å². The van der Waals surface area contributed by atoms with Gasteiger partial charge >= 0.3 is 0 Å². The van der Waals surface area contributed by atoms with Crippen molar-refractivity contribution in [2.45, 2.75) is 26.1 Å². The predicted molar refractivity (Wildman–Crippen MR) is 285 cm³/mol. The van der Waals surface area contributed by atoms with E-state index in [4.69, 9.17) is 34.3 Å². The predicted octanol–water partition coefficient (Wildman–Crippen LogP) is 13.8. The lowest BCUT2D eigenvalue weighted by atomic mass is 10.0. The number of hydrogen-bond donors (Lipinski definition) is 3. The molecule has 7 heteroatoms. The summed E-state index contributed by atoms with van der Waals surface area (Å²) in [4.78, 5) is 0. The summed E-state index contributed by atoms with van der Waals surface area (Å²) >= 11 is 0. The Morgan fingerprint density at radius 3 is 0.826 bits per heavy atom. The molecule has 0 aliphatic heterocycles. The van der Waals surface area contributed by atoms with Gasteiger partial charge in [0.25, 0.3) is 0 Å². The van der Waals surface area contributed by atoms with E-state index in [-0.39, 0.29) is 19.0 Å². The summed E-state index contributed by atoms with van der Waals surface area (Å²) in [6, 6.07) is 65.2. The van der Waals surface area contributed by atoms with E-state index in [1.807, 2.05) is 176 Å². The fourth-order valence-electron chi connectivity index (χ4n) is 6.50. The maximum absolute atomic E-state index is 9.16. The molecule has 0 unspecified atom stereocenters. The van der Waals surface area contributed by atoms with Crippen LogP contribution in [0.1, 0.15) is 55.6 Å². The van der Waals surface area contributed by atoms with E-state index in [0.717, 1.165) is 69.2 Å². The number of aliphatic hydroxyl groups is 2. The van der Waals surface area contributed by atoms with Gasteiger partial charge in [0.2, 0.25) is 0 Å². The summed E-state index contributed by atoms with van der Waals surface area (Å²) in [5.74, 6) is 3.78. The summed E-state index contributed by atoms with van der Waals surface area (Å²) < 4.78 is 20.4. The van der Waals surface area contributed by atoms with Crippen molar-refractivity contribution >= 4 is 36.5 Å². The molecule has 8 aromatic rings. The number of phenolic OH excluding ortho intramolecular Hbond substituents is 1. The zero-order valence-corrected chi connectivity index (χ0v) is 39.8. The summed E-state index contributed by atoms with van der Waals surface area (Å²) in [5.41, 5.74) is 11.3. The lowest BCUT2D eigenvalue weighted by Gasteiger charge is -2.04. The molecule has 8 aromatic carbocycles. The van der Waals surface area contributed by atoms with Gasteiger partial charge in [0.05, 0.1) is 41.7 Å². The van der Waals surface area contributed by atoms with Gasteiger partial charge in [-0.05, 0) is 129 Å². The van der Waals surface area contributed by atoms with E-state index < -0.39 is 0 Å². The van der Waals surface area contributed by atoms with Crippen LogP contribution in [0.4, 0.5) is 0 Å². The number of phenols is 1. The van der Waals surface area contributed by atoms with Crippen molar-refractivity contribution in [3.8, 4) is 28.7 Å². The molecule has 0 atom stereocenters.